The van der Waals surface area contributed by atoms with E-state index in [0.29, 0.717) is 13.0 Å². The molecule has 1 aliphatic rings. The molecule has 0 radical (unpaired) electrons. The molecule has 6 heteroatoms. The number of piperazine rings is 1. The molecule has 1 N–H and O–H groups in total. The Morgan fingerprint density at radius 2 is 1.75 bits per heavy atom. The lowest BCUT2D eigenvalue weighted by Gasteiger charge is -2.36. The van der Waals surface area contributed by atoms with Gasteiger partial charge in [0.2, 0.25) is 5.91 Å². The van der Waals surface area contributed by atoms with E-state index < -0.39 is 5.97 Å². The zero-order valence-corrected chi connectivity index (χ0v) is 14.5. The predicted octanol–water partition coefficient (Wildman–Crippen LogP) is 1.52. The van der Waals surface area contributed by atoms with E-state index in [2.05, 4.69) is 21.9 Å². The normalized spacial score (nSPS) is 15.5. The summed E-state index contributed by atoms with van der Waals surface area (Å²) in [6.07, 6.45) is 0.372. The summed E-state index contributed by atoms with van der Waals surface area (Å²) in [5, 5.41) is 8.93. The molecule has 24 heavy (non-hydrogen) atoms. The molecule has 1 aromatic rings. The maximum Gasteiger partial charge on any atom is 0.323 e. The summed E-state index contributed by atoms with van der Waals surface area (Å²) in [5.74, 6) is -1.05. The summed E-state index contributed by atoms with van der Waals surface area (Å²) < 4.78 is 0. The molecule has 1 saturated heterocycles. The van der Waals surface area contributed by atoms with E-state index in [-0.39, 0.29) is 18.5 Å². The first-order valence-corrected chi connectivity index (χ1v) is 8.51. The fraction of sp³-hybridized carbons (Fsp3) is 0.556. The number of carboxylic acids is 1. The van der Waals surface area contributed by atoms with Gasteiger partial charge in [0, 0.05) is 50.9 Å². The molecule has 1 aromatic carbocycles. The molecule has 1 fully saturated rings. The second kappa shape index (κ2) is 8.68. The highest BCUT2D eigenvalue weighted by Crippen LogP contribution is 2.15. The van der Waals surface area contributed by atoms with Gasteiger partial charge >= 0.3 is 5.97 Å². The van der Waals surface area contributed by atoms with Crippen molar-refractivity contribution in [1.82, 2.24) is 9.80 Å². The van der Waals surface area contributed by atoms with E-state index in [1.165, 1.54) is 10.6 Å². The average Bonchev–Trinajstić information content (AvgIpc) is 2.58. The minimum absolute atomic E-state index is 0.0853. The van der Waals surface area contributed by atoms with E-state index in [1.807, 2.05) is 32.0 Å². The van der Waals surface area contributed by atoms with Crippen molar-refractivity contribution in [3.63, 3.8) is 0 Å². The molecule has 2 rings (SSSR count). The van der Waals surface area contributed by atoms with Crippen LogP contribution in [0.25, 0.3) is 0 Å². The number of carbonyl (C=O) groups excluding carboxylic acids is 1. The van der Waals surface area contributed by atoms with Crippen molar-refractivity contribution in [3.05, 3.63) is 30.3 Å². The first-order valence-electron chi connectivity index (χ1n) is 8.51. The number of carboxylic acid groups (broad SMARTS) is 1. The maximum atomic E-state index is 12.3. The standard InChI is InChI=1S/C18H27N3O3/c1-15(2)21(14-18(23)24)17(22)8-9-19-10-12-20(13-11-19)16-6-4-3-5-7-16/h3-7,15H,8-14H2,1-2H3,(H,23,24). The summed E-state index contributed by atoms with van der Waals surface area (Å²) in [4.78, 5) is 29.2. The first kappa shape index (κ1) is 18.3. The third-order valence-electron chi connectivity index (χ3n) is 4.38. The lowest BCUT2D eigenvalue weighted by molar-refractivity contribution is -0.145. The Hall–Kier alpha value is -2.08. The van der Waals surface area contributed by atoms with E-state index in [9.17, 15) is 9.59 Å². The van der Waals surface area contributed by atoms with Crippen LogP contribution in [-0.4, -0.2) is 72.1 Å². The Labute approximate surface area is 143 Å². The third kappa shape index (κ3) is 5.23. The van der Waals surface area contributed by atoms with Crippen LogP contribution in [0.1, 0.15) is 20.3 Å². The number of hydrogen-bond donors (Lipinski definition) is 1. The Morgan fingerprint density at radius 3 is 2.29 bits per heavy atom. The molecule has 1 heterocycles. The molecular formula is C18H27N3O3. The SMILES string of the molecule is CC(C)N(CC(=O)O)C(=O)CCN1CCN(c2ccccc2)CC1. The van der Waals surface area contributed by atoms with Crippen LogP contribution in [-0.2, 0) is 9.59 Å². The van der Waals surface area contributed by atoms with Gasteiger partial charge in [-0.15, -0.1) is 0 Å². The third-order valence-corrected chi connectivity index (χ3v) is 4.38. The fourth-order valence-corrected chi connectivity index (χ4v) is 2.97. The minimum Gasteiger partial charge on any atom is -0.480 e. The van der Waals surface area contributed by atoms with Gasteiger partial charge in [-0.25, -0.2) is 0 Å². The summed E-state index contributed by atoms with van der Waals surface area (Å²) in [6, 6.07) is 10.2. The average molecular weight is 333 g/mol. The van der Waals surface area contributed by atoms with E-state index >= 15 is 0 Å². The first-order chi connectivity index (χ1) is 11.5. The van der Waals surface area contributed by atoms with Crippen LogP contribution in [0.4, 0.5) is 5.69 Å². The van der Waals surface area contributed by atoms with Gasteiger partial charge in [0.25, 0.3) is 0 Å². The lowest BCUT2D eigenvalue weighted by atomic mass is 10.2. The van der Waals surface area contributed by atoms with Crippen molar-refractivity contribution in [2.45, 2.75) is 26.3 Å². The summed E-state index contributed by atoms with van der Waals surface area (Å²) in [5.41, 5.74) is 1.24. The van der Waals surface area contributed by atoms with Crippen molar-refractivity contribution in [1.29, 1.82) is 0 Å². The largest absolute Gasteiger partial charge is 0.480 e. The number of rotatable bonds is 7. The molecule has 6 nitrogen and oxygen atoms in total. The Balaban J connectivity index is 1.77. The highest BCUT2D eigenvalue weighted by atomic mass is 16.4. The zero-order valence-electron chi connectivity index (χ0n) is 14.5. The second-order valence-electron chi connectivity index (χ2n) is 6.42. The van der Waals surface area contributed by atoms with Gasteiger partial charge in [-0.1, -0.05) is 18.2 Å². The number of para-hydroxylation sites is 1. The summed E-state index contributed by atoms with van der Waals surface area (Å²) in [7, 11) is 0. The van der Waals surface area contributed by atoms with Crippen LogP contribution in [0.2, 0.25) is 0 Å². The Bertz CT molecular complexity index is 540. The van der Waals surface area contributed by atoms with Crippen molar-refractivity contribution in [2.24, 2.45) is 0 Å². The van der Waals surface area contributed by atoms with Gasteiger partial charge in [-0.3, -0.25) is 14.5 Å². The minimum atomic E-state index is -0.964. The van der Waals surface area contributed by atoms with Crippen LogP contribution in [0.3, 0.4) is 0 Å². The van der Waals surface area contributed by atoms with Crippen LogP contribution in [0.5, 0.6) is 0 Å². The van der Waals surface area contributed by atoms with Crippen molar-refractivity contribution in [3.8, 4) is 0 Å². The van der Waals surface area contributed by atoms with Gasteiger partial charge in [0.05, 0.1) is 0 Å². The number of nitrogens with zero attached hydrogens (tertiary/aromatic N) is 3. The van der Waals surface area contributed by atoms with E-state index in [0.717, 1.165) is 26.2 Å². The molecule has 0 bridgehead atoms. The lowest BCUT2D eigenvalue weighted by Crippen LogP contribution is -2.48. The Morgan fingerprint density at radius 1 is 1.12 bits per heavy atom. The smallest absolute Gasteiger partial charge is 0.323 e. The zero-order chi connectivity index (χ0) is 17.5. The number of amides is 1. The molecule has 1 amide bonds. The Kier molecular flexibility index (Phi) is 6.61. The van der Waals surface area contributed by atoms with E-state index in [4.69, 9.17) is 5.11 Å². The molecular weight excluding hydrogens is 306 g/mol. The second-order valence-corrected chi connectivity index (χ2v) is 6.42. The molecule has 0 spiro atoms. The van der Waals surface area contributed by atoms with Gasteiger partial charge in [0.15, 0.2) is 0 Å². The van der Waals surface area contributed by atoms with E-state index in [1.54, 1.807) is 0 Å². The van der Waals surface area contributed by atoms with Gasteiger partial charge in [-0.2, -0.15) is 0 Å². The van der Waals surface area contributed by atoms with Gasteiger partial charge in [0.1, 0.15) is 6.54 Å². The fourth-order valence-electron chi connectivity index (χ4n) is 2.97. The molecule has 0 aromatic heterocycles. The van der Waals surface area contributed by atoms with Crippen molar-refractivity contribution < 1.29 is 14.7 Å². The molecule has 1 aliphatic heterocycles. The van der Waals surface area contributed by atoms with Crippen LogP contribution >= 0.6 is 0 Å². The highest BCUT2D eigenvalue weighted by Gasteiger charge is 2.22. The number of carbonyl (C=O) groups is 2. The van der Waals surface area contributed by atoms with Crippen LogP contribution in [0, 0.1) is 0 Å². The number of anilines is 1. The summed E-state index contributed by atoms with van der Waals surface area (Å²) in [6.45, 7) is 7.88. The van der Waals surface area contributed by atoms with Crippen molar-refractivity contribution >= 4 is 17.6 Å². The summed E-state index contributed by atoms with van der Waals surface area (Å²) >= 11 is 0. The molecule has 0 unspecified atom stereocenters. The van der Waals surface area contributed by atoms with Crippen LogP contribution in [0.15, 0.2) is 30.3 Å². The van der Waals surface area contributed by atoms with Crippen molar-refractivity contribution in [2.75, 3.05) is 44.2 Å². The molecule has 0 atom stereocenters. The quantitative estimate of drug-likeness (QED) is 0.820. The molecule has 132 valence electrons. The molecule has 0 saturated carbocycles. The number of hydrogen-bond acceptors (Lipinski definition) is 4. The number of aliphatic carboxylic acids is 1. The predicted molar refractivity (Wildman–Crippen MR) is 94.2 cm³/mol. The monoisotopic (exact) mass is 333 g/mol. The maximum absolute atomic E-state index is 12.3. The van der Waals surface area contributed by atoms with Gasteiger partial charge < -0.3 is 14.9 Å². The number of benzene rings is 1. The topological polar surface area (TPSA) is 64.1 Å². The molecule has 0 aliphatic carbocycles. The van der Waals surface area contributed by atoms with Crippen LogP contribution < -0.4 is 4.90 Å². The highest BCUT2D eigenvalue weighted by molar-refractivity contribution is 5.81. The van der Waals surface area contributed by atoms with Gasteiger partial charge in [-0.05, 0) is 26.0 Å².